The summed E-state index contributed by atoms with van der Waals surface area (Å²) in [5.74, 6) is 0.620. The zero-order valence-electron chi connectivity index (χ0n) is 17.1. The van der Waals surface area contributed by atoms with E-state index in [2.05, 4.69) is 42.2 Å². The average molecular weight is 397 g/mol. The molecule has 0 aliphatic carbocycles. The predicted octanol–water partition coefficient (Wildman–Crippen LogP) is 5.19. The number of nitrogens with one attached hydrogen (secondary N) is 1. The van der Waals surface area contributed by atoms with E-state index in [9.17, 15) is 4.79 Å². The summed E-state index contributed by atoms with van der Waals surface area (Å²) >= 11 is 0. The van der Waals surface area contributed by atoms with E-state index in [1.165, 1.54) is 6.08 Å². The van der Waals surface area contributed by atoms with E-state index in [1.54, 1.807) is 7.11 Å². The summed E-state index contributed by atoms with van der Waals surface area (Å²) in [7, 11) is 1.67. The van der Waals surface area contributed by atoms with Crippen molar-refractivity contribution in [3.8, 4) is 16.9 Å². The fraction of sp³-hybridized carbons (Fsp3) is 0.120. The number of hydrogen-bond acceptors (Lipinski definition) is 3. The van der Waals surface area contributed by atoms with Crippen LogP contribution in [0.4, 0.5) is 5.69 Å². The van der Waals surface area contributed by atoms with Gasteiger partial charge in [0.2, 0.25) is 5.91 Å². The topological polar surface area (TPSA) is 56.2 Å². The standard InChI is InChI=1S/C25H23N3O2/c1-4-25(29)26-21-7-5-6-19(14-21)20-10-13-24-23(15-20)17(2)27-28(24)16-18-8-11-22(30-3)12-9-18/h4-15H,1,16H2,2-3H3,(H,26,29). The second-order valence-electron chi connectivity index (χ2n) is 7.10. The van der Waals surface area contributed by atoms with Gasteiger partial charge in [-0.2, -0.15) is 5.10 Å². The van der Waals surface area contributed by atoms with Crippen molar-refractivity contribution in [2.75, 3.05) is 12.4 Å². The number of amides is 1. The molecule has 1 amide bonds. The third kappa shape index (κ3) is 3.96. The molecule has 4 aromatic rings. The summed E-state index contributed by atoms with van der Waals surface area (Å²) < 4.78 is 7.26. The number of carbonyl (C=O) groups is 1. The number of hydrogen-bond donors (Lipinski definition) is 1. The van der Waals surface area contributed by atoms with Gasteiger partial charge in [-0.25, -0.2) is 0 Å². The first-order chi connectivity index (χ1) is 14.6. The molecule has 0 bridgehead atoms. The van der Waals surface area contributed by atoms with Gasteiger partial charge in [-0.15, -0.1) is 0 Å². The number of benzene rings is 3. The van der Waals surface area contributed by atoms with Crippen LogP contribution in [0.2, 0.25) is 0 Å². The molecule has 5 heteroatoms. The molecule has 0 spiro atoms. The average Bonchev–Trinajstić information content (AvgIpc) is 3.09. The molecule has 1 N–H and O–H groups in total. The second-order valence-corrected chi connectivity index (χ2v) is 7.10. The molecule has 0 saturated heterocycles. The molecule has 150 valence electrons. The van der Waals surface area contributed by atoms with Gasteiger partial charge in [-0.1, -0.05) is 36.9 Å². The van der Waals surface area contributed by atoms with E-state index in [4.69, 9.17) is 9.84 Å². The number of aromatic nitrogens is 2. The molecule has 3 aromatic carbocycles. The van der Waals surface area contributed by atoms with Gasteiger partial charge in [-0.3, -0.25) is 9.48 Å². The Morgan fingerprint density at radius 2 is 1.87 bits per heavy atom. The number of anilines is 1. The summed E-state index contributed by atoms with van der Waals surface area (Å²) in [6.07, 6.45) is 1.26. The number of rotatable bonds is 6. The summed E-state index contributed by atoms with van der Waals surface area (Å²) in [5.41, 5.74) is 6.07. The second kappa shape index (κ2) is 8.25. The first-order valence-electron chi connectivity index (χ1n) is 9.71. The zero-order chi connectivity index (χ0) is 21.1. The highest BCUT2D eigenvalue weighted by Crippen LogP contribution is 2.28. The van der Waals surface area contributed by atoms with Gasteiger partial charge in [-0.05, 0) is 66.1 Å². The van der Waals surface area contributed by atoms with Crippen molar-refractivity contribution in [1.29, 1.82) is 0 Å². The van der Waals surface area contributed by atoms with Crippen LogP contribution in [0.5, 0.6) is 5.75 Å². The van der Waals surface area contributed by atoms with Crippen molar-refractivity contribution in [2.45, 2.75) is 13.5 Å². The van der Waals surface area contributed by atoms with Gasteiger partial charge in [0, 0.05) is 11.1 Å². The van der Waals surface area contributed by atoms with Crippen molar-refractivity contribution in [3.05, 3.63) is 90.6 Å². The Labute approximate surface area is 175 Å². The molecule has 0 saturated carbocycles. The quantitative estimate of drug-likeness (QED) is 0.455. The smallest absolute Gasteiger partial charge is 0.247 e. The Kier molecular flexibility index (Phi) is 5.35. The minimum Gasteiger partial charge on any atom is -0.497 e. The summed E-state index contributed by atoms with van der Waals surface area (Å²) in [6.45, 7) is 6.21. The van der Waals surface area contributed by atoms with Gasteiger partial charge in [0.1, 0.15) is 5.75 Å². The third-order valence-electron chi connectivity index (χ3n) is 5.08. The van der Waals surface area contributed by atoms with E-state index in [-0.39, 0.29) is 5.91 Å². The maximum Gasteiger partial charge on any atom is 0.247 e. The third-order valence-corrected chi connectivity index (χ3v) is 5.08. The van der Waals surface area contributed by atoms with Crippen LogP contribution >= 0.6 is 0 Å². The molecule has 4 rings (SSSR count). The van der Waals surface area contributed by atoms with E-state index < -0.39 is 0 Å². The highest BCUT2D eigenvalue weighted by Gasteiger charge is 2.10. The van der Waals surface area contributed by atoms with Gasteiger partial charge < -0.3 is 10.1 Å². The lowest BCUT2D eigenvalue weighted by atomic mass is 10.0. The normalized spacial score (nSPS) is 10.7. The minimum absolute atomic E-state index is 0.224. The van der Waals surface area contributed by atoms with Crippen LogP contribution in [0.1, 0.15) is 11.3 Å². The van der Waals surface area contributed by atoms with Crippen molar-refractivity contribution in [2.24, 2.45) is 0 Å². The molecule has 0 fully saturated rings. The van der Waals surface area contributed by atoms with Crippen LogP contribution in [0.15, 0.2) is 79.4 Å². The molecule has 0 unspecified atom stereocenters. The van der Waals surface area contributed by atoms with E-state index in [1.807, 2.05) is 48.0 Å². The fourth-order valence-corrected chi connectivity index (χ4v) is 3.51. The van der Waals surface area contributed by atoms with Gasteiger partial charge in [0.05, 0.1) is 24.9 Å². The molecule has 0 aliphatic heterocycles. The van der Waals surface area contributed by atoms with Gasteiger partial charge in [0.15, 0.2) is 0 Å². The number of fused-ring (bicyclic) bond motifs is 1. The molecule has 0 radical (unpaired) electrons. The summed E-state index contributed by atoms with van der Waals surface area (Å²) in [5, 5.41) is 8.67. The van der Waals surface area contributed by atoms with Crippen molar-refractivity contribution in [1.82, 2.24) is 9.78 Å². The lowest BCUT2D eigenvalue weighted by molar-refractivity contribution is -0.111. The van der Waals surface area contributed by atoms with Crippen LogP contribution in [0, 0.1) is 6.92 Å². The fourth-order valence-electron chi connectivity index (χ4n) is 3.51. The molecule has 5 nitrogen and oxygen atoms in total. The summed E-state index contributed by atoms with van der Waals surface area (Å²) in [6, 6.07) is 22.1. The molecule has 1 aromatic heterocycles. The van der Waals surface area contributed by atoms with Crippen molar-refractivity contribution >= 4 is 22.5 Å². The van der Waals surface area contributed by atoms with Gasteiger partial charge >= 0.3 is 0 Å². The van der Waals surface area contributed by atoms with Crippen LogP contribution in [0.25, 0.3) is 22.0 Å². The SMILES string of the molecule is C=CC(=O)Nc1cccc(-c2ccc3c(c2)c(C)nn3Cc2ccc(OC)cc2)c1. The monoisotopic (exact) mass is 397 g/mol. The molecular weight excluding hydrogens is 374 g/mol. The van der Waals surface area contributed by atoms with E-state index >= 15 is 0 Å². The Morgan fingerprint density at radius 1 is 1.10 bits per heavy atom. The number of methoxy groups -OCH3 is 1. The Hall–Kier alpha value is -3.86. The molecular formula is C25H23N3O2. The van der Waals surface area contributed by atoms with Crippen LogP contribution in [-0.2, 0) is 11.3 Å². The first-order valence-corrected chi connectivity index (χ1v) is 9.71. The van der Waals surface area contributed by atoms with Crippen molar-refractivity contribution in [3.63, 3.8) is 0 Å². The highest BCUT2D eigenvalue weighted by molar-refractivity contribution is 5.99. The van der Waals surface area contributed by atoms with E-state index in [0.29, 0.717) is 6.54 Å². The molecule has 30 heavy (non-hydrogen) atoms. The van der Waals surface area contributed by atoms with Gasteiger partial charge in [0.25, 0.3) is 0 Å². The Bertz CT molecular complexity index is 1220. The van der Waals surface area contributed by atoms with Crippen LogP contribution < -0.4 is 10.1 Å². The van der Waals surface area contributed by atoms with Crippen LogP contribution in [-0.4, -0.2) is 22.8 Å². The lowest BCUT2D eigenvalue weighted by Crippen LogP contribution is -2.06. The number of nitrogens with zero attached hydrogens (tertiary/aromatic N) is 2. The zero-order valence-corrected chi connectivity index (χ0v) is 17.1. The van der Waals surface area contributed by atoms with Crippen molar-refractivity contribution < 1.29 is 9.53 Å². The molecule has 1 heterocycles. The maximum absolute atomic E-state index is 11.6. The number of carbonyl (C=O) groups excluding carboxylic acids is 1. The number of ether oxygens (including phenoxy) is 1. The minimum atomic E-state index is -0.224. The maximum atomic E-state index is 11.6. The Morgan fingerprint density at radius 3 is 2.60 bits per heavy atom. The number of aryl methyl sites for hydroxylation is 1. The highest BCUT2D eigenvalue weighted by atomic mass is 16.5. The van der Waals surface area contributed by atoms with Crippen LogP contribution in [0.3, 0.4) is 0 Å². The predicted molar refractivity (Wildman–Crippen MR) is 121 cm³/mol. The molecule has 0 aliphatic rings. The summed E-state index contributed by atoms with van der Waals surface area (Å²) in [4.78, 5) is 11.6. The lowest BCUT2D eigenvalue weighted by Gasteiger charge is -2.08. The first kappa shape index (κ1) is 19.5. The largest absolute Gasteiger partial charge is 0.497 e. The molecule has 0 atom stereocenters. The Balaban J connectivity index is 1.65. The van der Waals surface area contributed by atoms with E-state index in [0.717, 1.165) is 44.7 Å².